The molecular formula is C22H17N2O. The van der Waals surface area contributed by atoms with E-state index in [-0.39, 0.29) is 11.8 Å². The van der Waals surface area contributed by atoms with Crippen molar-refractivity contribution in [3.63, 3.8) is 0 Å². The lowest BCUT2D eigenvalue weighted by molar-refractivity contribution is -0.109. The molecular weight excluding hydrogens is 308 g/mol. The Kier molecular flexibility index (Phi) is 3.98. The number of rotatable bonds is 4. The van der Waals surface area contributed by atoms with Crippen LogP contribution in [-0.2, 0) is 4.79 Å². The maximum Gasteiger partial charge on any atom is 0.128 e. The minimum atomic E-state index is -0.326. The second-order valence-corrected chi connectivity index (χ2v) is 6.18. The predicted octanol–water partition coefficient (Wildman–Crippen LogP) is 4.68. The Hall–Kier alpha value is -3.07. The largest absolute Gasteiger partial charge is 0.303 e. The van der Waals surface area contributed by atoms with Crippen molar-refractivity contribution < 1.29 is 4.79 Å². The lowest BCUT2D eigenvalue weighted by Crippen LogP contribution is -2.10. The van der Waals surface area contributed by atoms with E-state index in [4.69, 9.17) is 0 Å². The lowest BCUT2D eigenvalue weighted by Gasteiger charge is -2.20. The summed E-state index contributed by atoms with van der Waals surface area (Å²) in [6, 6.07) is 19.9. The molecule has 0 amide bonds. The molecule has 0 fully saturated rings. The van der Waals surface area contributed by atoms with Crippen molar-refractivity contribution in [3.05, 3.63) is 91.1 Å². The highest BCUT2D eigenvalue weighted by atomic mass is 16.1. The summed E-state index contributed by atoms with van der Waals surface area (Å²) in [6.07, 6.45) is 4.51. The molecule has 0 N–H and O–H groups in total. The minimum Gasteiger partial charge on any atom is -0.303 e. The van der Waals surface area contributed by atoms with Gasteiger partial charge in [0.25, 0.3) is 0 Å². The Morgan fingerprint density at radius 3 is 1.96 bits per heavy atom. The average Bonchev–Trinajstić information content (AvgIpc) is 2.68. The molecule has 121 valence electrons. The molecule has 2 atom stereocenters. The first-order chi connectivity index (χ1) is 12.3. The third kappa shape index (κ3) is 2.89. The third-order valence-electron chi connectivity index (χ3n) is 4.65. The molecule has 0 aliphatic rings. The summed E-state index contributed by atoms with van der Waals surface area (Å²) in [7, 11) is 0. The maximum atomic E-state index is 11.8. The molecule has 0 spiro atoms. The maximum absolute atomic E-state index is 11.8. The van der Waals surface area contributed by atoms with Crippen LogP contribution in [-0.4, -0.2) is 16.3 Å². The second-order valence-electron chi connectivity index (χ2n) is 6.18. The van der Waals surface area contributed by atoms with Gasteiger partial charge in [0.15, 0.2) is 0 Å². The van der Waals surface area contributed by atoms with Gasteiger partial charge >= 0.3 is 0 Å². The first kappa shape index (κ1) is 15.5. The van der Waals surface area contributed by atoms with E-state index in [1.165, 1.54) is 0 Å². The summed E-state index contributed by atoms with van der Waals surface area (Å²) in [5.41, 5.74) is 3.74. The fourth-order valence-corrected chi connectivity index (χ4v) is 3.22. The number of carbonyl (C=O) groups excluding carboxylic acids is 1. The Balaban J connectivity index is 1.73. The van der Waals surface area contributed by atoms with Crippen LogP contribution in [0, 0.1) is 6.92 Å². The van der Waals surface area contributed by atoms with Gasteiger partial charge in [-0.15, -0.1) is 0 Å². The molecule has 0 saturated carbocycles. The number of aldehydes is 1. The second kappa shape index (κ2) is 6.44. The van der Waals surface area contributed by atoms with Crippen LogP contribution >= 0.6 is 0 Å². The van der Waals surface area contributed by atoms with Crippen LogP contribution in [0.3, 0.4) is 0 Å². The van der Waals surface area contributed by atoms with Gasteiger partial charge in [-0.2, -0.15) is 0 Å². The van der Waals surface area contributed by atoms with E-state index in [2.05, 4.69) is 16.9 Å². The minimum absolute atomic E-state index is 0.190. The molecule has 2 heterocycles. The van der Waals surface area contributed by atoms with E-state index in [1.807, 2.05) is 60.7 Å². The summed E-state index contributed by atoms with van der Waals surface area (Å²) < 4.78 is 0. The molecule has 4 aromatic rings. The van der Waals surface area contributed by atoms with Crippen LogP contribution in [0.2, 0.25) is 0 Å². The van der Waals surface area contributed by atoms with Crippen molar-refractivity contribution in [2.45, 2.75) is 11.8 Å². The summed E-state index contributed by atoms with van der Waals surface area (Å²) >= 11 is 0. The van der Waals surface area contributed by atoms with E-state index in [0.717, 1.165) is 39.2 Å². The molecule has 2 aromatic carbocycles. The van der Waals surface area contributed by atoms with Crippen LogP contribution < -0.4 is 0 Å². The highest BCUT2D eigenvalue weighted by Crippen LogP contribution is 2.33. The number of nitrogens with zero attached hydrogens (tertiary/aromatic N) is 2. The molecule has 0 aliphatic carbocycles. The Morgan fingerprint density at radius 2 is 1.36 bits per heavy atom. The van der Waals surface area contributed by atoms with E-state index in [9.17, 15) is 4.79 Å². The fraction of sp³-hybridized carbons (Fsp3) is 0.0909. The highest BCUT2D eigenvalue weighted by molar-refractivity contribution is 5.81. The first-order valence-electron chi connectivity index (χ1n) is 8.24. The van der Waals surface area contributed by atoms with Gasteiger partial charge < -0.3 is 4.79 Å². The number of benzene rings is 2. The molecule has 2 aromatic heterocycles. The molecule has 3 nitrogen and oxygen atoms in total. The molecule has 0 saturated heterocycles. The Labute approximate surface area is 146 Å². The van der Waals surface area contributed by atoms with Gasteiger partial charge in [0.1, 0.15) is 6.29 Å². The fourth-order valence-electron chi connectivity index (χ4n) is 3.22. The van der Waals surface area contributed by atoms with Gasteiger partial charge in [0, 0.05) is 29.1 Å². The SMILES string of the molecule is [CH2]C(c1ccc2cccnc2c1)C(C=O)c1ccc2cccnc2c1. The van der Waals surface area contributed by atoms with E-state index < -0.39 is 0 Å². The zero-order valence-electron chi connectivity index (χ0n) is 13.7. The van der Waals surface area contributed by atoms with Crippen molar-refractivity contribution in [2.24, 2.45) is 0 Å². The number of aromatic nitrogens is 2. The van der Waals surface area contributed by atoms with Crippen molar-refractivity contribution in [1.29, 1.82) is 0 Å². The van der Waals surface area contributed by atoms with E-state index in [0.29, 0.717) is 0 Å². The lowest BCUT2D eigenvalue weighted by atomic mass is 9.83. The standard InChI is InChI=1S/C22H17N2O/c1-15(18-8-6-16-4-2-10-23-21(16)12-18)20(14-25)19-9-7-17-5-3-11-24-22(17)13-19/h2-15,20H,1H2. The summed E-state index contributed by atoms with van der Waals surface area (Å²) in [5, 5.41) is 2.14. The van der Waals surface area contributed by atoms with Crippen molar-refractivity contribution in [2.75, 3.05) is 0 Å². The van der Waals surface area contributed by atoms with Crippen LogP contribution in [0.15, 0.2) is 73.1 Å². The topological polar surface area (TPSA) is 42.9 Å². The summed E-state index contributed by atoms with van der Waals surface area (Å²) in [5.74, 6) is -0.516. The zero-order chi connectivity index (χ0) is 17.2. The van der Waals surface area contributed by atoms with Crippen LogP contribution in [0.1, 0.15) is 23.0 Å². The van der Waals surface area contributed by atoms with Gasteiger partial charge in [-0.05, 0) is 48.2 Å². The van der Waals surface area contributed by atoms with Gasteiger partial charge in [-0.25, -0.2) is 0 Å². The van der Waals surface area contributed by atoms with Crippen molar-refractivity contribution in [1.82, 2.24) is 9.97 Å². The predicted molar refractivity (Wildman–Crippen MR) is 100 cm³/mol. The number of carbonyl (C=O) groups is 1. The quantitative estimate of drug-likeness (QED) is 0.512. The van der Waals surface area contributed by atoms with Crippen LogP contribution in [0.25, 0.3) is 21.8 Å². The average molecular weight is 325 g/mol. The smallest absolute Gasteiger partial charge is 0.128 e. The van der Waals surface area contributed by atoms with Crippen molar-refractivity contribution >= 4 is 28.1 Å². The van der Waals surface area contributed by atoms with Gasteiger partial charge in [-0.3, -0.25) is 9.97 Å². The van der Waals surface area contributed by atoms with Crippen LogP contribution in [0.5, 0.6) is 0 Å². The molecule has 0 bridgehead atoms. The molecule has 2 unspecified atom stereocenters. The first-order valence-corrected chi connectivity index (χ1v) is 8.24. The molecule has 25 heavy (non-hydrogen) atoms. The number of pyridine rings is 2. The van der Waals surface area contributed by atoms with Gasteiger partial charge in [0.2, 0.25) is 0 Å². The molecule has 1 radical (unpaired) electrons. The molecule has 0 aliphatic heterocycles. The number of fused-ring (bicyclic) bond motifs is 2. The van der Waals surface area contributed by atoms with E-state index in [1.54, 1.807) is 12.4 Å². The van der Waals surface area contributed by atoms with Crippen molar-refractivity contribution in [3.8, 4) is 0 Å². The van der Waals surface area contributed by atoms with Crippen LogP contribution in [0.4, 0.5) is 0 Å². The van der Waals surface area contributed by atoms with Gasteiger partial charge in [-0.1, -0.05) is 36.4 Å². The Bertz CT molecular complexity index is 1060. The summed E-state index contributed by atoms with van der Waals surface area (Å²) in [6.45, 7) is 4.26. The van der Waals surface area contributed by atoms with E-state index >= 15 is 0 Å². The third-order valence-corrected chi connectivity index (χ3v) is 4.65. The monoisotopic (exact) mass is 325 g/mol. The normalized spacial score (nSPS) is 13.6. The highest BCUT2D eigenvalue weighted by Gasteiger charge is 2.21. The molecule has 4 rings (SSSR count). The Morgan fingerprint density at radius 1 is 0.800 bits per heavy atom. The number of hydrogen-bond donors (Lipinski definition) is 0. The number of hydrogen-bond acceptors (Lipinski definition) is 3. The van der Waals surface area contributed by atoms with Gasteiger partial charge in [0.05, 0.1) is 11.0 Å². The zero-order valence-corrected chi connectivity index (χ0v) is 13.7. The summed E-state index contributed by atoms with van der Waals surface area (Å²) in [4.78, 5) is 20.6. The molecule has 3 heteroatoms.